The summed E-state index contributed by atoms with van der Waals surface area (Å²) in [4.78, 5) is 39.2. The van der Waals surface area contributed by atoms with E-state index in [1.54, 1.807) is 38.1 Å². The van der Waals surface area contributed by atoms with Crippen LogP contribution >= 0.6 is 11.3 Å². The summed E-state index contributed by atoms with van der Waals surface area (Å²) in [6, 6.07) is 6.63. The number of hydrogen-bond donors (Lipinski definition) is 1. The summed E-state index contributed by atoms with van der Waals surface area (Å²) in [5.41, 5.74) is 1.99. The number of tetrazole rings is 1. The number of esters is 2. The van der Waals surface area contributed by atoms with Crippen LogP contribution in [0.2, 0.25) is 0 Å². The van der Waals surface area contributed by atoms with E-state index in [2.05, 4.69) is 27.8 Å². The minimum Gasteiger partial charge on any atom is -0.459 e. The highest BCUT2D eigenvalue weighted by molar-refractivity contribution is 7.17. The third-order valence-corrected chi connectivity index (χ3v) is 6.54. The van der Waals surface area contributed by atoms with Crippen LogP contribution in [0, 0.1) is 5.92 Å². The Morgan fingerprint density at radius 1 is 1.24 bits per heavy atom. The standard InChI is InChI=1S/C23H25N5O5S/c1-13(2)33-23(31)20-16-9-8-14(3)10-18(16)34-21(20)25-19(29)11-32-22(30)15-6-4-5-7-17(15)28-12-24-26-27-28/h4-7,12-14H,8-11H2,1-3H3,(H,25,29). The molecule has 3 aromatic rings. The summed E-state index contributed by atoms with van der Waals surface area (Å²) in [6.45, 7) is 5.22. The molecule has 1 unspecified atom stereocenters. The minimum atomic E-state index is -0.694. The fourth-order valence-electron chi connectivity index (χ4n) is 3.82. The monoisotopic (exact) mass is 483 g/mol. The zero-order valence-electron chi connectivity index (χ0n) is 19.1. The number of ether oxygens (including phenoxy) is 2. The first-order chi connectivity index (χ1) is 16.3. The number of nitrogens with zero attached hydrogens (tertiary/aromatic N) is 4. The van der Waals surface area contributed by atoms with Gasteiger partial charge in [-0.25, -0.2) is 9.59 Å². The van der Waals surface area contributed by atoms with Gasteiger partial charge in [0.25, 0.3) is 5.91 Å². The predicted molar refractivity (Wildman–Crippen MR) is 124 cm³/mol. The number of aromatic nitrogens is 4. The molecule has 1 aliphatic rings. The van der Waals surface area contributed by atoms with Gasteiger partial charge >= 0.3 is 11.9 Å². The molecule has 0 bridgehead atoms. The highest BCUT2D eigenvalue weighted by Gasteiger charge is 2.30. The molecular formula is C23H25N5O5S. The van der Waals surface area contributed by atoms with E-state index in [1.165, 1.54) is 22.3 Å². The molecule has 1 aliphatic carbocycles. The van der Waals surface area contributed by atoms with Crippen molar-refractivity contribution in [2.75, 3.05) is 11.9 Å². The number of nitrogens with one attached hydrogen (secondary N) is 1. The van der Waals surface area contributed by atoms with E-state index < -0.39 is 24.5 Å². The molecule has 0 radical (unpaired) electrons. The molecule has 0 fully saturated rings. The molecule has 11 heteroatoms. The molecule has 0 saturated carbocycles. The molecule has 0 spiro atoms. The number of benzene rings is 1. The molecule has 0 aliphatic heterocycles. The molecule has 1 atom stereocenters. The second-order valence-electron chi connectivity index (χ2n) is 8.41. The van der Waals surface area contributed by atoms with Gasteiger partial charge in [-0.3, -0.25) is 4.79 Å². The van der Waals surface area contributed by atoms with Gasteiger partial charge in [0.05, 0.1) is 22.9 Å². The van der Waals surface area contributed by atoms with Gasteiger partial charge in [-0.05, 0) is 67.2 Å². The Morgan fingerprint density at radius 2 is 2.03 bits per heavy atom. The van der Waals surface area contributed by atoms with Crippen LogP contribution in [0.1, 0.15) is 58.3 Å². The minimum absolute atomic E-state index is 0.212. The van der Waals surface area contributed by atoms with Crippen LogP contribution in [0.5, 0.6) is 0 Å². The van der Waals surface area contributed by atoms with E-state index in [0.29, 0.717) is 22.2 Å². The van der Waals surface area contributed by atoms with Gasteiger partial charge < -0.3 is 14.8 Å². The maximum absolute atomic E-state index is 12.8. The first kappa shape index (κ1) is 23.6. The third-order valence-electron chi connectivity index (χ3n) is 5.37. The number of fused-ring (bicyclic) bond motifs is 1. The Morgan fingerprint density at radius 3 is 2.76 bits per heavy atom. The molecule has 2 heterocycles. The Balaban J connectivity index is 1.48. The highest BCUT2D eigenvalue weighted by Crippen LogP contribution is 2.40. The average molecular weight is 484 g/mol. The smallest absolute Gasteiger partial charge is 0.341 e. The van der Waals surface area contributed by atoms with Gasteiger partial charge in [0.2, 0.25) is 0 Å². The molecule has 10 nitrogen and oxygen atoms in total. The molecule has 0 saturated heterocycles. The molecule has 1 N–H and O–H groups in total. The largest absolute Gasteiger partial charge is 0.459 e. The number of rotatable bonds is 7. The van der Waals surface area contributed by atoms with E-state index in [4.69, 9.17) is 9.47 Å². The molecule has 4 rings (SSSR count). The topological polar surface area (TPSA) is 125 Å². The number of thiophene rings is 1. The fourth-order valence-corrected chi connectivity index (χ4v) is 5.23. The predicted octanol–water partition coefficient (Wildman–Crippen LogP) is 3.21. The highest BCUT2D eigenvalue weighted by atomic mass is 32.1. The van der Waals surface area contributed by atoms with Gasteiger partial charge in [0.15, 0.2) is 6.61 Å². The lowest BCUT2D eigenvalue weighted by atomic mass is 9.88. The number of para-hydroxylation sites is 1. The molecule has 1 aromatic carbocycles. The summed E-state index contributed by atoms with van der Waals surface area (Å²) in [6.07, 6.45) is 3.65. The normalized spacial score (nSPS) is 15.0. The van der Waals surface area contributed by atoms with Crippen molar-refractivity contribution in [3.8, 4) is 5.69 Å². The van der Waals surface area contributed by atoms with Crippen LogP contribution in [0.3, 0.4) is 0 Å². The van der Waals surface area contributed by atoms with Crippen molar-refractivity contribution in [3.63, 3.8) is 0 Å². The molecule has 178 valence electrons. The Kier molecular flexibility index (Phi) is 7.01. The first-order valence-electron chi connectivity index (χ1n) is 11.0. The van der Waals surface area contributed by atoms with E-state index in [1.807, 2.05) is 0 Å². The van der Waals surface area contributed by atoms with Crippen molar-refractivity contribution in [2.24, 2.45) is 5.92 Å². The van der Waals surface area contributed by atoms with E-state index in [-0.39, 0.29) is 11.7 Å². The number of hydrogen-bond acceptors (Lipinski definition) is 9. The summed E-state index contributed by atoms with van der Waals surface area (Å²) < 4.78 is 12.0. The number of amides is 1. The van der Waals surface area contributed by atoms with E-state index in [9.17, 15) is 14.4 Å². The second-order valence-corrected chi connectivity index (χ2v) is 9.51. The Labute approximate surface area is 200 Å². The van der Waals surface area contributed by atoms with Gasteiger partial charge in [-0.2, -0.15) is 4.68 Å². The van der Waals surface area contributed by atoms with Crippen molar-refractivity contribution >= 4 is 34.2 Å². The van der Waals surface area contributed by atoms with Crippen molar-refractivity contribution in [3.05, 3.63) is 52.2 Å². The van der Waals surface area contributed by atoms with Gasteiger partial charge in [-0.15, -0.1) is 16.4 Å². The van der Waals surface area contributed by atoms with Crippen LogP contribution in [0.15, 0.2) is 30.6 Å². The maximum atomic E-state index is 12.8. The van der Waals surface area contributed by atoms with Gasteiger partial charge in [0.1, 0.15) is 11.3 Å². The maximum Gasteiger partial charge on any atom is 0.341 e. The van der Waals surface area contributed by atoms with E-state index >= 15 is 0 Å². The fraction of sp³-hybridized carbons (Fsp3) is 0.391. The summed E-state index contributed by atoms with van der Waals surface area (Å²) in [5.74, 6) is -1.19. The lowest BCUT2D eigenvalue weighted by Gasteiger charge is -2.18. The Hall–Kier alpha value is -3.60. The summed E-state index contributed by atoms with van der Waals surface area (Å²) in [7, 11) is 0. The molecule has 1 amide bonds. The SMILES string of the molecule is CC1CCc2c(sc(NC(=O)COC(=O)c3ccccc3-n3cnnn3)c2C(=O)OC(C)C)C1. The molecule has 2 aromatic heterocycles. The zero-order valence-corrected chi connectivity index (χ0v) is 19.9. The van der Waals surface area contributed by atoms with Crippen molar-refractivity contribution < 1.29 is 23.9 Å². The summed E-state index contributed by atoms with van der Waals surface area (Å²) in [5, 5.41) is 14.1. The average Bonchev–Trinajstić information content (AvgIpc) is 3.44. The zero-order chi connectivity index (χ0) is 24.2. The number of carbonyl (C=O) groups is 3. The van der Waals surface area contributed by atoms with Crippen molar-refractivity contribution in [1.82, 2.24) is 20.2 Å². The van der Waals surface area contributed by atoms with Crippen molar-refractivity contribution in [1.29, 1.82) is 0 Å². The quantitative estimate of drug-likeness (QED) is 0.508. The summed E-state index contributed by atoms with van der Waals surface area (Å²) >= 11 is 1.38. The second kappa shape index (κ2) is 10.1. The number of carbonyl (C=O) groups excluding carboxylic acids is 3. The lowest BCUT2D eigenvalue weighted by molar-refractivity contribution is -0.119. The van der Waals surface area contributed by atoms with Crippen LogP contribution in [-0.4, -0.2) is 50.8 Å². The van der Waals surface area contributed by atoms with E-state index in [0.717, 1.165) is 29.7 Å². The van der Waals surface area contributed by atoms with Crippen LogP contribution in [0.4, 0.5) is 5.00 Å². The van der Waals surface area contributed by atoms with Gasteiger partial charge in [-0.1, -0.05) is 19.1 Å². The number of anilines is 1. The van der Waals surface area contributed by atoms with Crippen LogP contribution in [0.25, 0.3) is 5.69 Å². The van der Waals surface area contributed by atoms with Crippen LogP contribution < -0.4 is 5.32 Å². The van der Waals surface area contributed by atoms with Crippen molar-refractivity contribution in [2.45, 2.75) is 46.1 Å². The van der Waals surface area contributed by atoms with Crippen LogP contribution in [-0.2, 0) is 27.1 Å². The third kappa shape index (κ3) is 5.14. The first-order valence-corrected chi connectivity index (χ1v) is 11.8. The molecule has 34 heavy (non-hydrogen) atoms. The molecular weight excluding hydrogens is 458 g/mol. The Bertz CT molecular complexity index is 1200. The van der Waals surface area contributed by atoms with Gasteiger partial charge in [0, 0.05) is 4.88 Å². The lowest BCUT2D eigenvalue weighted by Crippen LogP contribution is -2.23.